The highest BCUT2D eigenvalue weighted by Gasteiger charge is 2.51. The molecule has 6 rings (SSSR count). The molecule has 3 aromatic rings. The predicted octanol–water partition coefficient (Wildman–Crippen LogP) is 3.04. The van der Waals surface area contributed by atoms with Crippen molar-refractivity contribution in [1.29, 1.82) is 0 Å². The molecule has 0 atom stereocenters. The molecule has 1 N–H and O–H groups in total. The maximum absolute atomic E-state index is 14.3. The lowest BCUT2D eigenvalue weighted by molar-refractivity contribution is 0.0690. The third kappa shape index (κ3) is 2.45. The number of halogens is 1. The second kappa shape index (κ2) is 5.93. The molecule has 2 spiro atoms. The Hall–Kier alpha value is -3.16. The van der Waals surface area contributed by atoms with Gasteiger partial charge in [-0.05, 0) is 56.4 Å². The van der Waals surface area contributed by atoms with Gasteiger partial charge in [0.1, 0.15) is 29.6 Å². The number of carbonyl (C=O) groups excluding carboxylic acids is 1. The predicted molar refractivity (Wildman–Crippen MR) is 108 cm³/mol. The quantitative estimate of drug-likeness (QED) is 0.620. The molecule has 1 amide bonds. The van der Waals surface area contributed by atoms with Crippen LogP contribution in [0.3, 0.4) is 0 Å². The normalized spacial score (nSPS) is 21.3. The molecule has 0 saturated heterocycles. The Morgan fingerprint density at radius 1 is 1.20 bits per heavy atom. The second-order valence-electron chi connectivity index (χ2n) is 8.72. The molecule has 3 aliphatic rings. The van der Waals surface area contributed by atoms with Crippen LogP contribution in [0.4, 0.5) is 10.2 Å². The summed E-state index contributed by atoms with van der Waals surface area (Å²) in [5.74, 6) is 0.904. The fraction of sp³-hybridized carbons (Fsp3) is 0.409. The van der Waals surface area contributed by atoms with E-state index in [-0.39, 0.29) is 17.3 Å². The van der Waals surface area contributed by atoms with Gasteiger partial charge in [-0.25, -0.2) is 13.9 Å². The van der Waals surface area contributed by atoms with Gasteiger partial charge in [-0.3, -0.25) is 4.79 Å². The molecule has 0 unspecified atom stereocenters. The van der Waals surface area contributed by atoms with Crippen LogP contribution >= 0.6 is 0 Å². The maximum Gasteiger partial charge on any atom is 0.257 e. The highest BCUT2D eigenvalue weighted by Crippen LogP contribution is 2.54. The minimum Gasteiger partial charge on any atom is -0.491 e. The number of hydrogen-bond acceptors (Lipinski definition) is 5. The molecule has 0 radical (unpaired) electrons. The van der Waals surface area contributed by atoms with Crippen LogP contribution < -0.4 is 15.0 Å². The average Bonchev–Trinajstić information content (AvgIpc) is 3.41. The van der Waals surface area contributed by atoms with Gasteiger partial charge in [-0.2, -0.15) is 5.10 Å². The van der Waals surface area contributed by atoms with Gasteiger partial charge < -0.3 is 15.0 Å². The lowest BCUT2D eigenvalue weighted by atomic mass is 9.77. The maximum atomic E-state index is 14.3. The molecule has 2 fully saturated rings. The van der Waals surface area contributed by atoms with Gasteiger partial charge in [0.05, 0.1) is 17.3 Å². The van der Waals surface area contributed by atoms with E-state index < -0.39 is 5.54 Å². The first-order chi connectivity index (χ1) is 14.5. The van der Waals surface area contributed by atoms with Crippen molar-refractivity contribution in [1.82, 2.24) is 19.9 Å². The number of hydrogen-bond donors (Lipinski definition) is 1. The van der Waals surface area contributed by atoms with Gasteiger partial charge in [0.25, 0.3) is 5.91 Å². The van der Waals surface area contributed by atoms with Gasteiger partial charge >= 0.3 is 0 Å². The molecule has 8 heteroatoms. The fourth-order valence-corrected chi connectivity index (χ4v) is 4.75. The van der Waals surface area contributed by atoms with Crippen LogP contribution in [-0.4, -0.2) is 39.7 Å². The largest absolute Gasteiger partial charge is 0.491 e. The average molecular weight is 407 g/mol. The number of carbonyl (C=O) groups is 1. The summed E-state index contributed by atoms with van der Waals surface area (Å²) in [6, 6.07) is 6.58. The highest BCUT2D eigenvalue weighted by molar-refractivity contribution is 6.00. The van der Waals surface area contributed by atoms with Crippen molar-refractivity contribution < 1.29 is 13.9 Å². The smallest absolute Gasteiger partial charge is 0.257 e. The Balaban J connectivity index is 1.55. The number of nitrogens with one attached hydrogen (secondary N) is 1. The summed E-state index contributed by atoms with van der Waals surface area (Å²) in [4.78, 5) is 19.9. The first-order valence-corrected chi connectivity index (χ1v) is 10.3. The number of anilines is 1. The topological polar surface area (TPSA) is 71.8 Å². The molecule has 1 aliphatic heterocycles. The van der Waals surface area contributed by atoms with Crippen LogP contribution in [0.1, 0.15) is 48.0 Å². The second-order valence-corrected chi connectivity index (χ2v) is 8.72. The van der Waals surface area contributed by atoms with Crippen molar-refractivity contribution in [3.8, 4) is 5.75 Å². The van der Waals surface area contributed by atoms with E-state index in [1.807, 2.05) is 19.3 Å². The third-order valence-electron chi connectivity index (χ3n) is 6.94. The minimum atomic E-state index is -0.425. The van der Waals surface area contributed by atoms with E-state index in [1.54, 1.807) is 22.8 Å². The number of amides is 1. The summed E-state index contributed by atoms with van der Waals surface area (Å²) in [5, 5.41) is 7.46. The van der Waals surface area contributed by atoms with E-state index >= 15 is 0 Å². The zero-order chi connectivity index (χ0) is 20.5. The van der Waals surface area contributed by atoms with E-state index in [0.717, 1.165) is 37.7 Å². The first kappa shape index (κ1) is 17.7. The Morgan fingerprint density at radius 3 is 2.77 bits per heavy atom. The van der Waals surface area contributed by atoms with Gasteiger partial charge in [0, 0.05) is 18.8 Å². The van der Waals surface area contributed by atoms with Gasteiger partial charge in [0.15, 0.2) is 5.65 Å². The zero-order valence-corrected chi connectivity index (χ0v) is 16.7. The lowest BCUT2D eigenvalue weighted by Gasteiger charge is -2.42. The third-order valence-corrected chi connectivity index (χ3v) is 6.94. The van der Waals surface area contributed by atoms with Crippen molar-refractivity contribution >= 4 is 17.4 Å². The summed E-state index contributed by atoms with van der Waals surface area (Å²) in [5.41, 5.74) is 0.998. The lowest BCUT2D eigenvalue weighted by Crippen LogP contribution is -2.57. The molecule has 1 aromatic carbocycles. The molecule has 2 aromatic heterocycles. The van der Waals surface area contributed by atoms with Crippen molar-refractivity contribution in [3.05, 3.63) is 53.6 Å². The van der Waals surface area contributed by atoms with Gasteiger partial charge in [-0.15, -0.1) is 0 Å². The van der Waals surface area contributed by atoms with Crippen molar-refractivity contribution in [2.24, 2.45) is 0 Å². The van der Waals surface area contributed by atoms with Crippen molar-refractivity contribution in [2.75, 3.05) is 18.6 Å². The number of aromatic nitrogens is 3. The van der Waals surface area contributed by atoms with E-state index in [9.17, 15) is 9.18 Å². The van der Waals surface area contributed by atoms with E-state index in [1.165, 1.54) is 6.07 Å². The monoisotopic (exact) mass is 407 g/mol. The summed E-state index contributed by atoms with van der Waals surface area (Å²) in [7, 11) is 1.96. The van der Waals surface area contributed by atoms with Crippen LogP contribution in [0.5, 0.6) is 5.75 Å². The molecule has 2 aliphatic carbocycles. The first-order valence-electron chi connectivity index (χ1n) is 10.3. The highest BCUT2D eigenvalue weighted by atomic mass is 19.1. The van der Waals surface area contributed by atoms with Crippen LogP contribution in [0.15, 0.2) is 36.7 Å². The van der Waals surface area contributed by atoms with Crippen LogP contribution in [0, 0.1) is 5.82 Å². The molecule has 2 saturated carbocycles. The molecule has 7 nitrogen and oxygen atoms in total. The summed E-state index contributed by atoms with van der Waals surface area (Å²) in [6.45, 7) is 0.354. The number of benzene rings is 1. The van der Waals surface area contributed by atoms with E-state index in [2.05, 4.69) is 15.3 Å². The number of nitrogens with zero attached hydrogens (tertiary/aromatic N) is 4. The summed E-state index contributed by atoms with van der Waals surface area (Å²) < 4.78 is 22.1. The molecular formula is C22H22FN5O2. The Labute approximate surface area is 172 Å². The van der Waals surface area contributed by atoms with Crippen LogP contribution in [-0.2, 0) is 5.54 Å². The summed E-state index contributed by atoms with van der Waals surface area (Å²) in [6.07, 6.45) is 7.85. The van der Waals surface area contributed by atoms with Gasteiger partial charge in [0.2, 0.25) is 0 Å². The number of fused-ring (bicyclic) bond motifs is 3. The Kier molecular flexibility index (Phi) is 3.50. The fourth-order valence-electron chi connectivity index (χ4n) is 4.75. The summed E-state index contributed by atoms with van der Waals surface area (Å²) >= 11 is 0. The molecule has 3 heterocycles. The van der Waals surface area contributed by atoms with Crippen molar-refractivity contribution in [2.45, 2.75) is 43.2 Å². The van der Waals surface area contributed by atoms with Crippen LogP contribution in [0.25, 0.3) is 5.65 Å². The van der Waals surface area contributed by atoms with Crippen molar-refractivity contribution in [3.63, 3.8) is 0 Å². The molecule has 2 bridgehead atoms. The van der Waals surface area contributed by atoms with E-state index in [0.29, 0.717) is 29.4 Å². The van der Waals surface area contributed by atoms with Gasteiger partial charge in [-0.1, -0.05) is 0 Å². The molecular weight excluding hydrogens is 385 g/mol. The van der Waals surface area contributed by atoms with Crippen LogP contribution in [0.2, 0.25) is 0 Å². The molecule has 30 heavy (non-hydrogen) atoms. The number of rotatable bonds is 0. The van der Waals surface area contributed by atoms with E-state index in [4.69, 9.17) is 9.72 Å². The Bertz CT molecular complexity index is 1180. The standard InChI is InChI=1S/C22H22FN5O2/c1-27-18-5-10-28-19(25-18)15(12-24-28)20(29)26-21(6-2-7-21)13-30-17-4-3-14(23)11-16(17)22(27)8-9-22/h3-5,10-12H,2,6-9,13H2,1H3,(H,26,29). The minimum absolute atomic E-state index is 0.194. The zero-order valence-electron chi connectivity index (χ0n) is 16.7. The number of ether oxygens (including phenoxy) is 1. The Morgan fingerprint density at radius 2 is 2.03 bits per heavy atom. The molecule has 154 valence electrons. The SMILES string of the molecule is CN1c2ccn3ncc(c3n2)C(=O)NC2(CCC2)COc2ccc(F)cc2C12CC2.